The van der Waals surface area contributed by atoms with Gasteiger partial charge < -0.3 is 14.2 Å². The second-order valence-electron chi connectivity index (χ2n) is 7.68. The van der Waals surface area contributed by atoms with Crippen molar-refractivity contribution in [2.24, 2.45) is 5.92 Å². The van der Waals surface area contributed by atoms with Gasteiger partial charge in [0.1, 0.15) is 28.4 Å². The lowest BCUT2D eigenvalue weighted by molar-refractivity contribution is 0.0303. The van der Waals surface area contributed by atoms with Gasteiger partial charge in [0.05, 0.1) is 19.8 Å². The van der Waals surface area contributed by atoms with Crippen LogP contribution in [0.4, 0.5) is 0 Å². The zero-order valence-electron chi connectivity index (χ0n) is 16.4. The molecule has 28 heavy (non-hydrogen) atoms. The number of ether oxygens (including phenoxy) is 3. The molecule has 1 heterocycles. The van der Waals surface area contributed by atoms with E-state index < -0.39 is 0 Å². The van der Waals surface area contributed by atoms with E-state index in [4.69, 9.17) is 14.2 Å². The highest BCUT2D eigenvalue weighted by Crippen LogP contribution is 2.53. The lowest BCUT2D eigenvalue weighted by Gasteiger charge is -2.40. The van der Waals surface area contributed by atoms with Crippen molar-refractivity contribution in [3.8, 4) is 17.2 Å². The molecule has 5 heteroatoms. The molecule has 1 aliphatic heterocycles. The summed E-state index contributed by atoms with van der Waals surface area (Å²) >= 11 is 0. The lowest BCUT2D eigenvalue weighted by atomic mass is 9.81. The van der Waals surface area contributed by atoms with Gasteiger partial charge in [-0.05, 0) is 32.6 Å². The number of fused-ring (bicyclic) bond motifs is 2. The molecule has 0 bridgehead atoms. The predicted molar refractivity (Wildman–Crippen MR) is 105 cm³/mol. The molecule has 0 amide bonds. The molecule has 1 saturated carbocycles. The van der Waals surface area contributed by atoms with Crippen LogP contribution < -0.4 is 14.2 Å². The zero-order valence-corrected chi connectivity index (χ0v) is 16.4. The summed E-state index contributed by atoms with van der Waals surface area (Å²) in [5, 5.41) is 0. The van der Waals surface area contributed by atoms with Gasteiger partial charge in [0, 0.05) is 17.0 Å². The van der Waals surface area contributed by atoms with E-state index in [1.807, 2.05) is 18.2 Å². The summed E-state index contributed by atoms with van der Waals surface area (Å²) in [6, 6.07) is 8.98. The summed E-state index contributed by atoms with van der Waals surface area (Å²) < 4.78 is 17.7. The first kappa shape index (κ1) is 18.5. The number of carbonyl (C=O) groups excluding carboxylic acids is 2. The zero-order chi connectivity index (χ0) is 19.9. The molecule has 2 aromatic carbocycles. The van der Waals surface area contributed by atoms with Crippen molar-refractivity contribution in [3.63, 3.8) is 0 Å². The Hall–Kier alpha value is -2.82. The molecular weight excluding hydrogens is 356 g/mol. The Balaban J connectivity index is 2.01. The first-order valence-electron chi connectivity index (χ1n) is 9.58. The van der Waals surface area contributed by atoms with E-state index in [1.165, 1.54) is 14.2 Å². The average Bonchev–Trinajstić information content (AvgIpc) is 3.10. The average molecular weight is 380 g/mol. The Kier molecular flexibility index (Phi) is 4.61. The highest BCUT2D eigenvalue weighted by Gasteiger charge is 2.47. The number of rotatable bonds is 5. The quantitative estimate of drug-likeness (QED) is 0.573. The summed E-state index contributed by atoms with van der Waals surface area (Å²) in [6.07, 6.45) is 4.49. The number of hydrogen-bond donors (Lipinski definition) is 0. The topological polar surface area (TPSA) is 61.8 Å². The maximum atomic E-state index is 13.4. The van der Waals surface area contributed by atoms with Crippen molar-refractivity contribution in [1.29, 1.82) is 0 Å². The second kappa shape index (κ2) is 6.97. The minimum Gasteiger partial charge on any atom is -0.495 e. The molecule has 0 N–H and O–H groups in total. The normalized spacial score (nSPS) is 22.6. The molecule has 2 aliphatic rings. The van der Waals surface area contributed by atoms with Gasteiger partial charge in [-0.25, -0.2) is 0 Å². The van der Waals surface area contributed by atoms with Crippen LogP contribution >= 0.6 is 0 Å². The summed E-state index contributed by atoms with van der Waals surface area (Å²) in [7, 11) is 2.99. The molecule has 146 valence electrons. The van der Waals surface area contributed by atoms with Crippen molar-refractivity contribution < 1.29 is 23.8 Å². The fourth-order valence-electron chi connectivity index (χ4n) is 4.69. The minimum absolute atomic E-state index is 0.208. The van der Waals surface area contributed by atoms with Gasteiger partial charge in [0.15, 0.2) is 6.29 Å². The molecule has 2 atom stereocenters. The SMILES string of the molecule is COc1c(C=O)c(OC)c(C(=O)c2ccccc2)c2c1CC1CCCC1(C)O2. The Morgan fingerprint density at radius 3 is 2.54 bits per heavy atom. The Morgan fingerprint density at radius 2 is 1.89 bits per heavy atom. The first-order valence-corrected chi connectivity index (χ1v) is 9.58. The monoisotopic (exact) mass is 380 g/mol. The number of carbonyl (C=O) groups is 2. The Morgan fingerprint density at radius 1 is 1.18 bits per heavy atom. The van der Waals surface area contributed by atoms with Crippen LogP contribution in [0, 0.1) is 5.92 Å². The molecule has 0 aromatic heterocycles. The number of aldehydes is 1. The van der Waals surface area contributed by atoms with Crippen LogP contribution in [0.5, 0.6) is 17.2 Å². The molecule has 1 fully saturated rings. The molecular formula is C23H24O5. The van der Waals surface area contributed by atoms with Crippen LogP contribution in [0.25, 0.3) is 0 Å². The van der Waals surface area contributed by atoms with Crippen LogP contribution in [0.3, 0.4) is 0 Å². The molecule has 5 nitrogen and oxygen atoms in total. The highest BCUT2D eigenvalue weighted by molar-refractivity contribution is 6.14. The maximum Gasteiger partial charge on any atom is 0.200 e. The van der Waals surface area contributed by atoms with Crippen molar-refractivity contribution in [2.75, 3.05) is 14.2 Å². The van der Waals surface area contributed by atoms with Gasteiger partial charge in [0.2, 0.25) is 5.78 Å². The largest absolute Gasteiger partial charge is 0.495 e. The van der Waals surface area contributed by atoms with Gasteiger partial charge in [-0.3, -0.25) is 9.59 Å². The van der Waals surface area contributed by atoms with Crippen molar-refractivity contribution in [3.05, 3.63) is 52.6 Å². The summed E-state index contributed by atoms with van der Waals surface area (Å²) in [5.74, 6) is 1.26. The summed E-state index contributed by atoms with van der Waals surface area (Å²) in [4.78, 5) is 25.4. The highest BCUT2D eigenvalue weighted by atomic mass is 16.5. The molecule has 2 aromatic rings. The third kappa shape index (κ3) is 2.68. The predicted octanol–water partition coefficient (Wildman–Crippen LogP) is 4.24. The summed E-state index contributed by atoms with van der Waals surface area (Å²) in [5.41, 5.74) is 1.55. The Bertz CT molecular complexity index is 934. The number of methoxy groups -OCH3 is 2. The van der Waals surface area contributed by atoms with E-state index >= 15 is 0 Å². The molecule has 0 radical (unpaired) electrons. The van der Waals surface area contributed by atoms with Gasteiger partial charge in [-0.1, -0.05) is 30.3 Å². The molecule has 0 spiro atoms. The van der Waals surface area contributed by atoms with Crippen LogP contribution in [0.15, 0.2) is 30.3 Å². The molecule has 2 unspecified atom stereocenters. The van der Waals surface area contributed by atoms with E-state index in [0.29, 0.717) is 34.8 Å². The van der Waals surface area contributed by atoms with E-state index in [1.54, 1.807) is 12.1 Å². The van der Waals surface area contributed by atoms with E-state index in [2.05, 4.69) is 6.92 Å². The van der Waals surface area contributed by atoms with Crippen LogP contribution in [-0.4, -0.2) is 31.9 Å². The summed E-state index contributed by atoms with van der Waals surface area (Å²) in [6.45, 7) is 2.11. The fourth-order valence-corrected chi connectivity index (χ4v) is 4.69. The maximum absolute atomic E-state index is 13.4. The third-order valence-electron chi connectivity index (χ3n) is 6.16. The van der Waals surface area contributed by atoms with Crippen molar-refractivity contribution in [2.45, 2.75) is 38.2 Å². The first-order chi connectivity index (χ1) is 13.5. The molecule has 0 saturated heterocycles. The third-order valence-corrected chi connectivity index (χ3v) is 6.16. The molecule has 1 aliphatic carbocycles. The number of hydrogen-bond acceptors (Lipinski definition) is 5. The van der Waals surface area contributed by atoms with Gasteiger partial charge in [-0.2, -0.15) is 0 Å². The number of ketones is 1. The van der Waals surface area contributed by atoms with Crippen molar-refractivity contribution >= 4 is 12.1 Å². The van der Waals surface area contributed by atoms with Gasteiger partial charge >= 0.3 is 0 Å². The fraction of sp³-hybridized carbons (Fsp3) is 0.391. The van der Waals surface area contributed by atoms with Crippen LogP contribution in [0.1, 0.15) is 58.0 Å². The standard InChI is InChI=1S/C23H24O5/c1-23-11-7-10-15(23)12-16-20(26-2)17(13-24)21(27-3)18(22(16)28-23)19(25)14-8-5-4-6-9-14/h4-6,8-9,13,15H,7,10-12H2,1-3H3. The van der Waals surface area contributed by atoms with E-state index in [-0.39, 0.29) is 22.7 Å². The van der Waals surface area contributed by atoms with E-state index in [0.717, 1.165) is 31.2 Å². The minimum atomic E-state index is -0.322. The van der Waals surface area contributed by atoms with Gasteiger partial charge in [0.25, 0.3) is 0 Å². The van der Waals surface area contributed by atoms with Crippen molar-refractivity contribution in [1.82, 2.24) is 0 Å². The molecule has 4 rings (SSSR count). The van der Waals surface area contributed by atoms with Crippen LogP contribution in [-0.2, 0) is 6.42 Å². The van der Waals surface area contributed by atoms with Gasteiger partial charge in [-0.15, -0.1) is 0 Å². The Labute approximate surface area is 164 Å². The number of benzene rings is 2. The second-order valence-corrected chi connectivity index (χ2v) is 7.68. The van der Waals surface area contributed by atoms with E-state index in [9.17, 15) is 9.59 Å². The lowest BCUT2D eigenvalue weighted by Crippen LogP contribution is -2.41. The smallest absolute Gasteiger partial charge is 0.200 e. The van der Waals surface area contributed by atoms with Crippen LogP contribution in [0.2, 0.25) is 0 Å².